The molecule has 3 heterocycles. The molecule has 3 aromatic rings. The van der Waals surface area contributed by atoms with Crippen molar-refractivity contribution >= 4 is 40.2 Å². The molecule has 1 unspecified atom stereocenters. The van der Waals surface area contributed by atoms with Crippen LogP contribution in [-0.2, 0) is 0 Å². The van der Waals surface area contributed by atoms with E-state index in [1.165, 1.54) is 12.1 Å². The van der Waals surface area contributed by atoms with Crippen molar-refractivity contribution in [3.05, 3.63) is 57.8 Å². The van der Waals surface area contributed by atoms with Gasteiger partial charge >= 0.3 is 0 Å². The maximum absolute atomic E-state index is 14.6. The first kappa shape index (κ1) is 22.1. The van der Waals surface area contributed by atoms with Crippen LogP contribution in [0.5, 0.6) is 0 Å². The summed E-state index contributed by atoms with van der Waals surface area (Å²) in [6.07, 6.45) is -0.832. The van der Waals surface area contributed by atoms with Crippen LogP contribution in [0.4, 0.5) is 19.0 Å². The zero-order valence-electron chi connectivity index (χ0n) is 17.1. The smallest absolute Gasteiger partial charge is 0.266 e. The number of thioether (sulfide) groups is 1. The van der Waals surface area contributed by atoms with Gasteiger partial charge < -0.3 is 5.32 Å². The van der Waals surface area contributed by atoms with Gasteiger partial charge in [-0.1, -0.05) is 29.8 Å². The molecule has 1 saturated heterocycles. The number of halogens is 4. The maximum Gasteiger partial charge on any atom is 0.266 e. The fourth-order valence-corrected chi connectivity index (χ4v) is 5.31. The number of fused-ring (bicyclic) bond motifs is 1. The summed E-state index contributed by atoms with van der Waals surface area (Å²) in [6.45, 7) is 3.44. The second-order valence-electron chi connectivity index (χ2n) is 7.66. The van der Waals surface area contributed by atoms with E-state index in [9.17, 15) is 13.2 Å². The van der Waals surface area contributed by atoms with E-state index in [0.29, 0.717) is 33.7 Å². The molecule has 0 saturated carbocycles. The van der Waals surface area contributed by atoms with Crippen LogP contribution in [-0.4, -0.2) is 26.5 Å². The van der Waals surface area contributed by atoms with Crippen molar-refractivity contribution in [3.8, 4) is 0 Å². The Bertz CT molecular complexity index is 1110. The van der Waals surface area contributed by atoms with E-state index in [4.69, 9.17) is 11.6 Å². The third-order valence-electron chi connectivity index (χ3n) is 5.55. The first-order valence-electron chi connectivity index (χ1n) is 10.1. The summed E-state index contributed by atoms with van der Waals surface area (Å²) < 4.78 is 40.9. The lowest BCUT2D eigenvalue weighted by Crippen LogP contribution is -2.13. The highest BCUT2D eigenvalue weighted by atomic mass is 35.5. The van der Waals surface area contributed by atoms with E-state index in [2.05, 4.69) is 20.3 Å². The van der Waals surface area contributed by atoms with Crippen LogP contribution in [0.3, 0.4) is 0 Å². The fraction of sp³-hybridized carbons (Fsp3) is 0.409. The minimum Gasteiger partial charge on any atom is -0.363 e. The lowest BCUT2D eigenvalue weighted by Gasteiger charge is -2.23. The number of nitrogens with one attached hydrogen (secondary N) is 1. The number of nitrogens with zero attached hydrogens (tertiary/aromatic N) is 3. The van der Waals surface area contributed by atoms with Crippen LogP contribution in [0.1, 0.15) is 60.7 Å². The quantitative estimate of drug-likeness (QED) is 0.417. The van der Waals surface area contributed by atoms with Crippen molar-refractivity contribution in [1.82, 2.24) is 15.0 Å². The molecule has 0 spiro atoms. The zero-order chi connectivity index (χ0) is 22.1. The highest BCUT2D eigenvalue weighted by Gasteiger charge is 2.23. The van der Waals surface area contributed by atoms with Crippen LogP contribution in [0.25, 0.3) is 11.0 Å². The molecule has 1 aliphatic rings. The highest BCUT2D eigenvalue weighted by Crippen LogP contribution is 2.37. The molecule has 9 heteroatoms. The minimum atomic E-state index is -2.88. The van der Waals surface area contributed by atoms with Crippen molar-refractivity contribution < 1.29 is 13.2 Å². The molecule has 164 valence electrons. The number of alkyl halides is 2. The molecule has 0 aliphatic carbocycles. The standard InChI is InChI=1S/C22H22ClF3N4S/c1-11(14-4-3-5-15(18(14)24)20(25)26)27-21-17-10-16(13-6-8-31-9-7-13)19(23)30-22(17)29-12(2)28-21/h3-5,10-11,13,20H,6-9H2,1-2H3,(H,27,28,29,30). The van der Waals surface area contributed by atoms with E-state index in [1.807, 2.05) is 17.8 Å². The monoisotopic (exact) mass is 466 g/mol. The molecule has 1 N–H and O–H groups in total. The van der Waals surface area contributed by atoms with E-state index in [0.717, 1.165) is 36.0 Å². The van der Waals surface area contributed by atoms with Gasteiger partial charge in [0.05, 0.1) is 17.0 Å². The number of benzene rings is 1. The van der Waals surface area contributed by atoms with Crippen LogP contribution in [0.2, 0.25) is 5.15 Å². The molecule has 1 atom stereocenters. The number of pyridine rings is 1. The molecule has 1 fully saturated rings. The molecule has 1 aliphatic heterocycles. The van der Waals surface area contributed by atoms with Gasteiger partial charge in [0.1, 0.15) is 22.6 Å². The summed E-state index contributed by atoms with van der Waals surface area (Å²) in [5.41, 5.74) is 0.945. The molecule has 0 radical (unpaired) electrons. The lowest BCUT2D eigenvalue weighted by molar-refractivity contribution is 0.146. The first-order valence-corrected chi connectivity index (χ1v) is 11.6. The second kappa shape index (κ2) is 9.20. The Hall–Kier alpha value is -2.06. The van der Waals surface area contributed by atoms with Crippen LogP contribution < -0.4 is 5.32 Å². The van der Waals surface area contributed by atoms with Crippen LogP contribution >= 0.6 is 23.4 Å². The Morgan fingerprint density at radius 1 is 1.13 bits per heavy atom. The maximum atomic E-state index is 14.6. The third kappa shape index (κ3) is 4.60. The SMILES string of the molecule is Cc1nc(NC(C)c2cccc(C(F)F)c2F)c2cc(C3CCSCC3)c(Cl)nc2n1. The molecular formula is C22H22ClF3N4S. The Kier molecular flexibility index (Phi) is 6.57. The van der Waals surface area contributed by atoms with E-state index < -0.39 is 23.8 Å². The normalized spacial score (nSPS) is 16.1. The van der Waals surface area contributed by atoms with Gasteiger partial charge in [-0.2, -0.15) is 11.8 Å². The van der Waals surface area contributed by atoms with Gasteiger partial charge in [-0.3, -0.25) is 0 Å². The predicted molar refractivity (Wildman–Crippen MR) is 120 cm³/mol. The minimum absolute atomic E-state index is 0.147. The van der Waals surface area contributed by atoms with Crippen molar-refractivity contribution in [3.63, 3.8) is 0 Å². The Morgan fingerprint density at radius 2 is 1.84 bits per heavy atom. The lowest BCUT2D eigenvalue weighted by atomic mass is 9.94. The van der Waals surface area contributed by atoms with Gasteiger partial charge in [0.25, 0.3) is 6.43 Å². The van der Waals surface area contributed by atoms with Crippen molar-refractivity contribution in [1.29, 1.82) is 0 Å². The van der Waals surface area contributed by atoms with E-state index in [-0.39, 0.29) is 5.56 Å². The largest absolute Gasteiger partial charge is 0.363 e. The molecule has 2 aromatic heterocycles. The summed E-state index contributed by atoms with van der Waals surface area (Å²) in [6, 6.07) is 5.39. The van der Waals surface area contributed by atoms with Gasteiger partial charge in [0.2, 0.25) is 0 Å². The molecule has 4 rings (SSSR count). The number of hydrogen-bond acceptors (Lipinski definition) is 5. The van der Waals surface area contributed by atoms with Crippen LogP contribution in [0.15, 0.2) is 24.3 Å². The van der Waals surface area contributed by atoms with E-state index >= 15 is 0 Å². The highest BCUT2D eigenvalue weighted by molar-refractivity contribution is 7.99. The second-order valence-corrected chi connectivity index (χ2v) is 9.25. The van der Waals surface area contributed by atoms with Crippen molar-refractivity contribution in [2.45, 2.75) is 45.1 Å². The molecular weight excluding hydrogens is 445 g/mol. The molecule has 1 aromatic carbocycles. The van der Waals surface area contributed by atoms with Crippen LogP contribution in [0, 0.1) is 12.7 Å². The molecule has 31 heavy (non-hydrogen) atoms. The third-order valence-corrected chi connectivity index (χ3v) is 6.91. The summed E-state index contributed by atoms with van der Waals surface area (Å²) in [7, 11) is 0. The predicted octanol–water partition coefficient (Wildman–Crippen LogP) is 6.85. The Balaban J connectivity index is 1.74. The molecule has 4 nitrogen and oxygen atoms in total. The summed E-state index contributed by atoms with van der Waals surface area (Å²) in [5.74, 6) is 2.52. The van der Waals surface area contributed by atoms with Gasteiger partial charge in [0.15, 0.2) is 5.65 Å². The number of aromatic nitrogens is 3. The van der Waals surface area contributed by atoms with Gasteiger partial charge in [0, 0.05) is 5.56 Å². The Labute approximate surface area is 188 Å². The zero-order valence-corrected chi connectivity index (χ0v) is 18.7. The number of anilines is 1. The molecule has 0 amide bonds. The topological polar surface area (TPSA) is 50.7 Å². The number of rotatable bonds is 5. The van der Waals surface area contributed by atoms with Crippen molar-refractivity contribution in [2.75, 3.05) is 16.8 Å². The van der Waals surface area contributed by atoms with Gasteiger partial charge in [-0.05, 0) is 55.7 Å². The molecule has 0 bridgehead atoms. The summed E-state index contributed by atoms with van der Waals surface area (Å²) >= 11 is 8.42. The fourth-order valence-electron chi connectivity index (χ4n) is 3.92. The number of hydrogen-bond donors (Lipinski definition) is 1. The van der Waals surface area contributed by atoms with Gasteiger partial charge in [-0.25, -0.2) is 28.1 Å². The first-order chi connectivity index (χ1) is 14.8. The van der Waals surface area contributed by atoms with E-state index in [1.54, 1.807) is 13.8 Å². The van der Waals surface area contributed by atoms with Crippen molar-refractivity contribution in [2.24, 2.45) is 0 Å². The average Bonchev–Trinajstić information content (AvgIpc) is 2.73. The Morgan fingerprint density at radius 3 is 2.55 bits per heavy atom. The average molecular weight is 467 g/mol. The summed E-state index contributed by atoms with van der Waals surface area (Å²) in [4.78, 5) is 13.4. The number of aryl methyl sites for hydroxylation is 1. The summed E-state index contributed by atoms with van der Waals surface area (Å²) in [5, 5.41) is 4.30. The van der Waals surface area contributed by atoms with Gasteiger partial charge in [-0.15, -0.1) is 0 Å².